The van der Waals surface area contributed by atoms with Gasteiger partial charge in [-0.2, -0.15) is 4.31 Å². The van der Waals surface area contributed by atoms with Crippen LogP contribution < -0.4 is 5.73 Å². The molecule has 1 aromatic carbocycles. The monoisotopic (exact) mass is 297 g/mol. The van der Waals surface area contributed by atoms with Gasteiger partial charge in [0.25, 0.3) is 10.0 Å². The number of piperidine rings is 1. The fraction of sp³-hybridized carbons (Fsp3) is 0.417. The third-order valence-electron chi connectivity index (χ3n) is 3.26. The molecule has 0 saturated carbocycles. The van der Waals surface area contributed by atoms with Gasteiger partial charge in [-0.1, -0.05) is 12.1 Å². The Balaban J connectivity index is 1.99. The maximum absolute atomic E-state index is 12.5. The van der Waals surface area contributed by atoms with Gasteiger partial charge in [0, 0.05) is 19.1 Å². The number of hydrogen-bond acceptors (Lipinski definition) is 5. The van der Waals surface area contributed by atoms with Crippen LogP contribution >= 0.6 is 11.3 Å². The van der Waals surface area contributed by atoms with E-state index < -0.39 is 10.0 Å². The average molecular weight is 297 g/mol. The van der Waals surface area contributed by atoms with Crippen LogP contribution in [-0.2, 0) is 10.0 Å². The molecule has 0 amide bonds. The Bertz CT molecular complexity index is 663. The summed E-state index contributed by atoms with van der Waals surface area (Å²) in [5.74, 6) is 0. The predicted octanol–water partition coefficient (Wildman–Crippen LogP) is 1.41. The number of fused-ring (bicyclic) bond motifs is 1. The number of sulfonamides is 1. The summed E-state index contributed by atoms with van der Waals surface area (Å²) in [5.41, 5.74) is 6.58. The minimum atomic E-state index is -3.50. The minimum Gasteiger partial charge on any atom is -0.327 e. The van der Waals surface area contributed by atoms with Gasteiger partial charge in [0.15, 0.2) is 0 Å². The maximum Gasteiger partial charge on any atom is 0.270 e. The lowest BCUT2D eigenvalue weighted by molar-refractivity contribution is 0.316. The number of thiazole rings is 1. The van der Waals surface area contributed by atoms with Gasteiger partial charge in [0.1, 0.15) is 0 Å². The zero-order valence-corrected chi connectivity index (χ0v) is 12.0. The van der Waals surface area contributed by atoms with Crippen molar-refractivity contribution in [2.75, 3.05) is 13.1 Å². The molecule has 7 heteroatoms. The molecule has 0 spiro atoms. The van der Waals surface area contributed by atoms with Crippen molar-refractivity contribution in [3.63, 3.8) is 0 Å². The highest BCUT2D eigenvalue weighted by Crippen LogP contribution is 2.28. The summed E-state index contributed by atoms with van der Waals surface area (Å²) >= 11 is 1.22. The van der Waals surface area contributed by atoms with E-state index in [9.17, 15) is 8.42 Å². The molecule has 1 fully saturated rings. The van der Waals surface area contributed by atoms with E-state index in [-0.39, 0.29) is 10.4 Å². The van der Waals surface area contributed by atoms with Crippen LogP contribution in [0, 0.1) is 0 Å². The van der Waals surface area contributed by atoms with Crippen LogP contribution in [0.25, 0.3) is 10.2 Å². The van der Waals surface area contributed by atoms with Gasteiger partial charge in [-0.15, -0.1) is 11.3 Å². The number of hydrogen-bond donors (Lipinski definition) is 1. The van der Waals surface area contributed by atoms with E-state index >= 15 is 0 Å². The Kier molecular flexibility index (Phi) is 3.30. The molecule has 1 aliphatic rings. The van der Waals surface area contributed by atoms with Crippen molar-refractivity contribution >= 4 is 31.6 Å². The summed E-state index contributed by atoms with van der Waals surface area (Å²) in [6.45, 7) is 0.921. The Morgan fingerprint density at radius 2 is 2.16 bits per heavy atom. The van der Waals surface area contributed by atoms with Crippen LogP contribution in [0.15, 0.2) is 28.6 Å². The molecular formula is C12H15N3O2S2. The fourth-order valence-corrected chi connectivity index (χ4v) is 5.16. The highest BCUT2D eigenvalue weighted by molar-refractivity contribution is 7.91. The van der Waals surface area contributed by atoms with Crippen molar-refractivity contribution < 1.29 is 8.42 Å². The van der Waals surface area contributed by atoms with Gasteiger partial charge in [0.2, 0.25) is 4.34 Å². The molecule has 1 unspecified atom stereocenters. The van der Waals surface area contributed by atoms with E-state index in [0.717, 1.165) is 23.1 Å². The van der Waals surface area contributed by atoms with Crippen LogP contribution in [-0.4, -0.2) is 36.8 Å². The molecule has 2 aromatic rings. The largest absolute Gasteiger partial charge is 0.327 e. The molecule has 5 nitrogen and oxygen atoms in total. The molecule has 2 N–H and O–H groups in total. The smallest absolute Gasteiger partial charge is 0.270 e. The summed E-state index contributed by atoms with van der Waals surface area (Å²) < 4.78 is 27.6. The van der Waals surface area contributed by atoms with Crippen molar-refractivity contribution in [2.45, 2.75) is 23.2 Å². The summed E-state index contributed by atoms with van der Waals surface area (Å²) in [7, 11) is -3.50. The van der Waals surface area contributed by atoms with Crippen LogP contribution in [0.2, 0.25) is 0 Å². The van der Waals surface area contributed by atoms with Crippen LogP contribution in [0.5, 0.6) is 0 Å². The number of rotatable bonds is 2. The highest BCUT2D eigenvalue weighted by atomic mass is 32.2. The topological polar surface area (TPSA) is 76.3 Å². The van der Waals surface area contributed by atoms with Gasteiger partial charge in [0.05, 0.1) is 10.2 Å². The maximum atomic E-state index is 12.5. The molecule has 0 radical (unpaired) electrons. The molecule has 0 aliphatic carbocycles. The van der Waals surface area contributed by atoms with E-state index in [1.165, 1.54) is 15.6 Å². The fourth-order valence-electron chi connectivity index (χ4n) is 2.26. The molecule has 3 rings (SSSR count). The Labute approximate surface area is 116 Å². The van der Waals surface area contributed by atoms with Gasteiger partial charge in [-0.05, 0) is 25.0 Å². The Morgan fingerprint density at radius 1 is 1.37 bits per heavy atom. The molecule has 1 atom stereocenters. The normalized spacial score (nSPS) is 21.8. The number of nitrogens with two attached hydrogens (primary N) is 1. The molecule has 19 heavy (non-hydrogen) atoms. The zero-order valence-electron chi connectivity index (χ0n) is 10.3. The number of para-hydroxylation sites is 1. The van der Waals surface area contributed by atoms with Crippen molar-refractivity contribution in [1.82, 2.24) is 9.29 Å². The Hall–Kier alpha value is -1.02. The van der Waals surface area contributed by atoms with Crippen molar-refractivity contribution in [2.24, 2.45) is 5.73 Å². The second-order valence-electron chi connectivity index (χ2n) is 4.71. The van der Waals surface area contributed by atoms with Gasteiger partial charge in [-0.25, -0.2) is 13.4 Å². The lowest BCUT2D eigenvalue weighted by Gasteiger charge is -2.28. The lowest BCUT2D eigenvalue weighted by Crippen LogP contribution is -2.45. The standard InChI is InChI=1S/C12H15N3O2S2/c13-9-4-3-7-15(8-9)19(16,17)12-14-10-5-1-2-6-11(10)18-12/h1-2,5-6,9H,3-4,7-8,13H2. The van der Waals surface area contributed by atoms with Crippen LogP contribution in [0.4, 0.5) is 0 Å². The third-order valence-corrected chi connectivity index (χ3v) is 6.51. The first-order valence-corrected chi connectivity index (χ1v) is 8.44. The first-order chi connectivity index (χ1) is 9.07. The van der Waals surface area contributed by atoms with Gasteiger partial charge >= 0.3 is 0 Å². The van der Waals surface area contributed by atoms with Gasteiger partial charge in [-0.3, -0.25) is 0 Å². The molecule has 2 heterocycles. The number of aromatic nitrogens is 1. The van der Waals surface area contributed by atoms with E-state index in [2.05, 4.69) is 4.98 Å². The summed E-state index contributed by atoms with van der Waals surface area (Å²) in [6, 6.07) is 7.38. The van der Waals surface area contributed by atoms with Gasteiger partial charge < -0.3 is 5.73 Å². The molecule has 1 aliphatic heterocycles. The van der Waals surface area contributed by atoms with E-state index in [1.54, 1.807) is 0 Å². The Morgan fingerprint density at radius 3 is 2.89 bits per heavy atom. The van der Waals surface area contributed by atoms with E-state index in [1.807, 2.05) is 24.3 Å². The van der Waals surface area contributed by atoms with Crippen LogP contribution in [0.3, 0.4) is 0 Å². The molecular weight excluding hydrogens is 282 g/mol. The minimum absolute atomic E-state index is 0.0714. The molecule has 1 saturated heterocycles. The second-order valence-corrected chi connectivity index (χ2v) is 7.86. The van der Waals surface area contributed by atoms with E-state index in [4.69, 9.17) is 5.73 Å². The van der Waals surface area contributed by atoms with Crippen molar-refractivity contribution in [3.8, 4) is 0 Å². The SMILES string of the molecule is NC1CCCN(S(=O)(=O)c2nc3ccccc3s2)C1. The first kappa shape index (κ1) is 13.0. The predicted molar refractivity (Wildman–Crippen MR) is 75.6 cm³/mol. The summed E-state index contributed by atoms with van der Waals surface area (Å²) in [4.78, 5) is 4.23. The van der Waals surface area contributed by atoms with E-state index in [0.29, 0.717) is 13.1 Å². The number of nitrogens with zero attached hydrogens (tertiary/aromatic N) is 2. The van der Waals surface area contributed by atoms with Crippen molar-refractivity contribution in [3.05, 3.63) is 24.3 Å². The summed E-state index contributed by atoms with van der Waals surface area (Å²) in [6.07, 6.45) is 1.69. The molecule has 0 bridgehead atoms. The molecule has 1 aromatic heterocycles. The summed E-state index contributed by atoms with van der Waals surface area (Å²) in [5, 5.41) is 0. The second kappa shape index (κ2) is 4.82. The molecule has 102 valence electrons. The van der Waals surface area contributed by atoms with Crippen molar-refractivity contribution in [1.29, 1.82) is 0 Å². The zero-order chi connectivity index (χ0) is 13.5. The highest BCUT2D eigenvalue weighted by Gasteiger charge is 2.31. The number of benzene rings is 1. The lowest BCUT2D eigenvalue weighted by atomic mass is 10.1. The quantitative estimate of drug-likeness (QED) is 0.909. The first-order valence-electron chi connectivity index (χ1n) is 6.19. The average Bonchev–Trinajstić information content (AvgIpc) is 2.83. The van der Waals surface area contributed by atoms with Crippen LogP contribution in [0.1, 0.15) is 12.8 Å². The third kappa shape index (κ3) is 2.38.